The van der Waals surface area contributed by atoms with Crippen LogP contribution in [-0.4, -0.2) is 37.1 Å². The fraction of sp³-hybridized carbons (Fsp3) is 1.00. The third-order valence-electron chi connectivity index (χ3n) is 5.74. The van der Waals surface area contributed by atoms with Crippen LogP contribution in [0.3, 0.4) is 0 Å². The Morgan fingerprint density at radius 1 is 1.14 bits per heavy atom. The molecule has 1 saturated carbocycles. The molecule has 1 rings (SSSR count). The monoisotopic (exact) mass is 296 g/mol. The van der Waals surface area contributed by atoms with Gasteiger partial charge in [-0.25, -0.2) is 0 Å². The van der Waals surface area contributed by atoms with Crippen molar-refractivity contribution in [1.82, 2.24) is 10.2 Å². The Morgan fingerprint density at radius 3 is 2.33 bits per heavy atom. The SMILES string of the molecule is CCNC1C(CN(CC)CC(CC)CC)CCCC1(C)C. The Morgan fingerprint density at radius 2 is 1.81 bits per heavy atom. The lowest BCUT2D eigenvalue weighted by atomic mass is 9.67. The second-order valence-corrected chi connectivity index (χ2v) is 7.71. The van der Waals surface area contributed by atoms with Crippen molar-refractivity contribution in [2.24, 2.45) is 17.3 Å². The van der Waals surface area contributed by atoms with E-state index in [4.69, 9.17) is 0 Å². The number of rotatable bonds is 9. The maximum absolute atomic E-state index is 3.81. The Bertz CT molecular complexity index is 271. The molecule has 1 N–H and O–H groups in total. The molecule has 0 aromatic rings. The van der Waals surface area contributed by atoms with Crippen LogP contribution in [0, 0.1) is 17.3 Å². The lowest BCUT2D eigenvalue weighted by molar-refractivity contribution is 0.0758. The van der Waals surface area contributed by atoms with Gasteiger partial charge in [0.15, 0.2) is 0 Å². The molecule has 0 aromatic heterocycles. The number of hydrogen-bond donors (Lipinski definition) is 1. The summed E-state index contributed by atoms with van der Waals surface area (Å²) in [6, 6.07) is 0.687. The van der Waals surface area contributed by atoms with Crippen molar-refractivity contribution < 1.29 is 0 Å². The summed E-state index contributed by atoms with van der Waals surface area (Å²) >= 11 is 0. The minimum Gasteiger partial charge on any atom is -0.313 e. The highest BCUT2D eigenvalue weighted by molar-refractivity contribution is 4.94. The largest absolute Gasteiger partial charge is 0.313 e. The Balaban J connectivity index is 2.67. The van der Waals surface area contributed by atoms with Gasteiger partial charge in [-0.05, 0) is 43.2 Å². The topological polar surface area (TPSA) is 15.3 Å². The van der Waals surface area contributed by atoms with Gasteiger partial charge in [-0.2, -0.15) is 0 Å². The zero-order valence-corrected chi connectivity index (χ0v) is 15.5. The molecule has 2 heteroatoms. The molecular formula is C19H40N2. The fourth-order valence-corrected chi connectivity index (χ4v) is 4.22. The van der Waals surface area contributed by atoms with E-state index in [1.165, 1.54) is 51.7 Å². The average molecular weight is 297 g/mol. The number of nitrogens with zero attached hydrogens (tertiary/aromatic N) is 1. The van der Waals surface area contributed by atoms with E-state index < -0.39 is 0 Å². The predicted molar refractivity (Wildman–Crippen MR) is 94.8 cm³/mol. The molecule has 0 saturated heterocycles. The van der Waals surface area contributed by atoms with E-state index in [-0.39, 0.29) is 0 Å². The van der Waals surface area contributed by atoms with Crippen molar-refractivity contribution >= 4 is 0 Å². The van der Waals surface area contributed by atoms with Crippen LogP contribution < -0.4 is 5.32 Å². The number of hydrogen-bond acceptors (Lipinski definition) is 2. The Kier molecular flexibility index (Phi) is 8.26. The first-order valence-electron chi connectivity index (χ1n) is 9.44. The summed E-state index contributed by atoms with van der Waals surface area (Å²) in [5.74, 6) is 1.70. The van der Waals surface area contributed by atoms with E-state index >= 15 is 0 Å². The summed E-state index contributed by atoms with van der Waals surface area (Å²) in [5.41, 5.74) is 0.452. The maximum Gasteiger partial charge on any atom is 0.0159 e. The van der Waals surface area contributed by atoms with E-state index in [2.05, 4.69) is 51.8 Å². The Labute approximate surface area is 134 Å². The molecule has 0 radical (unpaired) electrons. The van der Waals surface area contributed by atoms with E-state index in [1.54, 1.807) is 0 Å². The van der Waals surface area contributed by atoms with Crippen LogP contribution >= 0.6 is 0 Å². The summed E-state index contributed by atoms with van der Waals surface area (Å²) in [7, 11) is 0. The molecule has 21 heavy (non-hydrogen) atoms. The smallest absolute Gasteiger partial charge is 0.0159 e. The zero-order chi connectivity index (χ0) is 15.9. The van der Waals surface area contributed by atoms with Gasteiger partial charge in [0.2, 0.25) is 0 Å². The van der Waals surface area contributed by atoms with Crippen LogP contribution in [0.4, 0.5) is 0 Å². The Hall–Kier alpha value is -0.0800. The fourth-order valence-electron chi connectivity index (χ4n) is 4.22. The van der Waals surface area contributed by atoms with E-state index in [1.807, 2.05) is 0 Å². The van der Waals surface area contributed by atoms with Crippen molar-refractivity contribution in [2.45, 2.75) is 79.7 Å². The molecule has 2 unspecified atom stereocenters. The summed E-state index contributed by atoms with van der Waals surface area (Å²) in [6.07, 6.45) is 6.82. The van der Waals surface area contributed by atoms with E-state index in [9.17, 15) is 0 Å². The van der Waals surface area contributed by atoms with Gasteiger partial charge in [0.25, 0.3) is 0 Å². The zero-order valence-electron chi connectivity index (χ0n) is 15.5. The third kappa shape index (κ3) is 5.56. The van der Waals surface area contributed by atoms with Crippen LogP contribution in [0.25, 0.3) is 0 Å². The maximum atomic E-state index is 3.81. The van der Waals surface area contributed by atoms with Crippen LogP contribution in [-0.2, 0) is 0 Å². The molecule has 0 bridgehead atoms. The second kappa shape index (κ2) is 9.15. The molecule has 1 aliphatic carbocycles. The molecule has 0 heterocycles. The molecule has 0 aliphatic heterocycles. The van der Waals surface area contributed by atoms with Gasteiger partial charge >= 0.3 is 0 Å². The standard InChI is InChI=1S/C19H40N2/c1-7-16(8-2)14-21(10-4)15-17-12-11-13-19(5,6)18(17)20-9-3/h16-18,20H,7-15H2,1-6H3. The highest BCUT2D eigenvalue weighted by atomic mass is 15.1. The average Bonchev–Trinajstić information content (AvgIpc) is 2.46. The van der Waals surface area contributed by atoms with Crippen molar-refractivity contribution in [3.05, 3.63) is 0 Å². The third-order valence-corrected chi connectivity index (χ3v) is 5.74. The highest BCUT2D eigenvalue weighted by Crippen LogP contribution is 2.39. The lowest BCUT2D eigenvalue weighted by Gasteiger charge is -2.46. The first kappa shape index (κ1) is 19.0. The molecule has 0 aromatic carbocycles. The van der Waals surface area contributed by atoms with Crippen molar-refractivity contribution in [2.75, 3.05) is 26.2 Å². The predicted octanol–water partition coefficient (Wildman–Crippen LogP) is 4.55. The van der Waals surface area contributed by atoms with Gasteiger partial charge in [-0.15, -0.1) is 0 Å². The van der Waals surface area contributed by atoms with Gasteiger partial charge < -0.3 is 10.2 Å². The minimum atomic E-state index is 0.452. The van der Waals surface area contributed by atoms with Crippen LogP contribution in [0.1, 0.15) is 73.6 Å². The molecule has 0 amide bonds. The summed E-state index contributed by atoms with van der Waals surface area (Å²) in [4.78, 5) is 2.72. The van der Waals surface area contributed by atoms with Gasteiger partial charge in [0.05, 0.1) is 0 Å². The quantitative estimate of drug-likeness (QED) is 0.671. The van der Waals surface area contributed by atoms with E-state index in [0.29, 0.717) is 11.5 Å². The van der Waals surface area contributed by atoms with E-state index in [0.717, 1.165) is 18.4 Å². The molecule has 2 nitrogen and oxygen atoms in total. The van der Waals surface area contributed by atoms with Gasteiger partial charge in [-0.3, -0.25) is 0 Å². The summed E-state index contributed by atoms with van der Waals surface area (Å²) in [5, 5.41) is 3.81. The normalized spacial score (nSPS) is 25.7. The molecule has 0 spiro atoms. The first-order valence-corrected chi connectivity index (χ1v) is 9.44. The number of nitrogens with one attached hydrogen (secondary N) is 1. The molecule has 126 valence electrons. The first-order chi connectivity index (χ1) is 9.98. The molecule has 1 fully saturated rings. The summed E-state index contributed by atoms with van der Waals surface area (Å²) < 4.78 is 0. The lowest BCUT2D eigenvalue weighted by Crippen LogP contribution is -2.53. The van der Waals surface area contributed by atoms with Crippen molar-refractivity contribution in [3.8, 4) is 0 Å². The van der Waals surface area contributed by atoms with Crippen LogP contribution in [0.2, 0.25) is 0 Å². The molecular weight excluding hydrogens is 256 g/mol. The van der Waals surface area contributed by atoms with Crippen LogP contribution in [0.5, 0.6) is 0 Å². The van der Waals surface area contributed by atoms with Crippen molar-refractivity contribution in [3.63, 3.8) is 0 Å². The van der Waals surface area contributed by atoms with Gasteiger partial charge in [0, 0.05) is 19.1 Å². The second-order valence-electron chi connectivity index (χ2n) is 7.71. The van der Waals surface area contributed by atoms with Gasteiger partial charge in [0.1, 0.15) is 0 Å². The minimum absolute atomic E-state index is 0.452. The summed E-state index contributed by atoms with van der Waals surface area (Å²) in [6.45, 7) is 19.1. The van der Waals surface area contributed by atoms with Gasteiger partial charge in [-0.1, -0.05) is 60.8 Å². The molecule has 1 aliphatic rings. The van der Waals surface area contributed by atoms with Crippen molar-refractivity contribution in [1.29, 1.82) is 0 Å². The molecule has 2 atom stereocenters. The van der Waals surface area contributed by atoms with Crippen LogP contribution in [0.15, 0.2) is 0 Å². The highest BCUT2D eigenvalue weighted by Gasteiger charge is 2.38.